The number of hydrogen-bond donors (Lipinski definition) is 0. The Kier molecular flexibility index (Phi) is 3.89. The first-order valence-electron chi connectivity index (χ1n) is 6.56. The van der Waals surface area contributed by atoms with Gasteiger partial charge in [-0.2, -0.15) is 0 Å². The van der Waals surface area contributed by atoms with Crippen LogP contribution in [0.4, 0.5) is 0 Å². The number of carbonyl (C=O) groups excluding carboxylic acids is 1. The predicted octanol–water partition coefficient (Wildman–Crippen LogP) is 3.76. The Morgan fingerprint density at radius 1 is 1.23 bits per heavy atom. The molecule has 0 unspecified atom stereocenters. The summed E-state index contributed by atoms with van der Waals surface area (Å²) in [5.74, 6) is 0.195. The normalized spacial score (nSPS) is 11.1. The van der Waals surface area contributed by atoms with Crippen molar-refractivity contribution in [3.8, 4) is 5.75 Å². The molecule has 0 N–H and O–H groups in total. The molecule has 0 spiro atoms. The van der Waals surface area contributed by atoms with E-state index in [-0.39, 0.29) is 5.78 Å². The van der Waals surface area contributed by atoms with E-state index in [0.717, 1.165) is 16.9 Å². The number of hydrogen-bond acceptors (Lipinski definition) is 5. The van der Waals surface area contributed by atoms with E-state index < -0.39 is 4.94 Å². The van der Waals surface area contributed by atoms with E-state index in [1.165, 1.54) is 13.2 Å². The van der Waals surface area contributed by atoms with Crippen molar-refractivity contribution in [3.63, 3.8) is 0 Å². The maximum absolute atomic E-state index is 12.4. The number of rotatable bonds is 4. The van der Waals surface area contributed by atoms with Gasteiger partial charge in [0.15, 0.2) is 11.4 Å². The van der Waals surface area contributed by atoms with Crippen LogP contribution in [0.5, 0.6) is 5.75 Å². The standard InChI is InChI=1S/C17H12O4S/c1-20-14-10-15-16(22-17(19)21-15)9-12(14)13(18)8-7-11-5-3-2-4-6-11/h2-10H,1H3/b8-7+. The van der Waals surface area contributed by atoms with Crippen LogP contribution in [0.3, 0.4) is 0 Å². The van der Waals surface area contributed by atoms with Gasteiger partial charge in [-0.15, -0.1) is 0 Å². The second kappa shape index (κ2) is 5.99. The monoisotopic (exact) mass is 312 g/mol. The van der Waals surface area contributed by atoms with Crippen molar-refractivity contribution in [2.24, 2.45) is 0 Å². The Labute approximate surface area is 130 Å². The highest BCUT2D eigenvalue weighted by molar-refractivity contribution is 7.16. The molecule has 3 rings (SSSR count). The van der Waals surface area contributed by atoms with Crippen molar-refractivity contribution in [3.05, 3.63) is 69.4 Å². The lowest BCUT2D eigenvalue weighted by molar-refractivity contribution is 0.104. The van der Waals surface area contributed by atoms with E-state index in [1.807, 2.05) is 30.3 Å². The van der Waals surface area contributed by atoms with Gasteiger partial charge in [-0.1, -0.05) is 47.7 Å². The van der Waals surface area contributed by atoms with Crippen LogP contribution in [-0.2, 0) is 0 Å². The first-order valence-corrected chi connectivity index (χ1v) is 7.38. The van der Waals surface area contributed by atoms with Crippen LogP contribution in [-0.4, -0.2) is 12.9 Å². The van der Waals surface area contributed by atoms with Gasteiger partial charge in [0.2, 0.25) is 0 Å². The van der Waals surface area contributed by atoms with Gasteiger partial charge in [0, 0.05) is 6.07 Å². The zero-order valence-electron chi connectivity index (χ0n) is 11.7. The molecule has 0 fully saturated rings. The third-order valence-corrected chi connectivity index (χ3v) is 3.93. The molecule has 5 heteroatoms. The first-order chi connectivity index (χ1) is 10.7. The fourth-order valence-corrected chi connectivity index (χ4v) is 2.78. The molecule has 2 aromatic carbocycles. The van der Waals surface area contributed by atoms with Gasteiger partial charge >= 0.3 is 4.94 Å². The van der Waals surface area contributed by atoms with Gasteiger partial charge in [-0.05, 0) is 17.7 Å². The number of ketones is 1. The fourth-order valence-electron chi connectivity index (χ4n) is 2.09. The molecule has 1 heterocycles. The topological polar surface area (TPSA) is 56.5 Å². The van der Waals surface area contributed by atoms with E-state index >= 15 is 0 Å². The molecule has 0 aliphatic carbocycles. The fraction of sp³-hybridized carbons (Fsp3) is 0.0588. The molecule has 110 valence electrons. The van der Waals surface area contributed by atoms with Crippen molar-refractivity contribution >= 4 is 33.5 Å². The Morgan fingerprint density at radius 2 is 2.00 bits per heavy atom. The Bertz CT molecular complexity index is 903. The molecule has 0 saturated carbocycles. The van der Waals surface area contributed by atoms with Crippen LogP contribution in [0.1, 0.15) is 15.9 Å². The lowest BCUT2D eigenvalue weighted by Crippen LogP contribution is -1.98. The quantitative estimate of drug-likeness (QED) is 0.544. The summed E-state index contributed by atoms with van der Waals surface area (Å²) in [6, 6.07) is 12.7. The molecule has 22 heavy (non-hydrogen) atoms. The number of carbonyl (C=O) groups is 1. The third kappa shape index (κ3) is 2.84. The second-order valence-corrected chi connectivity index (χ2v) is 5.54. The number of fused-ring (bicyclic) bond motifs is 1. The predicted molar refractivity (Wildman–Crippen MR) is 86.7 cm³/mol. The number of methoxy groups -OCH3 is 1. The first kappa shape index (κ1) is 14.3. The highest BCUT2D eigenvalue weighted by atomic mass is 32.1. The highest BCUT2D eigenvalue weighted by Gasteiger charge is 2.14. The van der Waals surface area contributed by atoms with Crippen LogP contribution in [0.15, 0.2) is 57.8 Å². The third-order valence-electron chi connectivity index (χ3n) is 3.14. The van der Waals surface area contributed by atoms with Gasteiger partial charge in [0.25, 0.3) is 0 Å². The molecule has 0 radical (unpaired) electrons. The highest BCUT2D eigenvalue weighted by Crippen LogP contribution is 2.28. The Morgan fingerprint density at radius 3 is 2.73 bits per heavy atom. The molecular weight excluding hydrogens is 300 g/mol. The van der Waals surface area contributed by atoms with Crippen LogP contribution in [0, 0.1) is 0 Å². The van der Waals surface area contributed by atoms with E-state index in [2.05, 4.69) is 0 Å². The van der Waals surface area contributed by atoms with Crippen LogP contribution in [0.25, 0.3) is 16.4 Å². The molecule has 0 aliphatic heterocycles. The lowest BCUT2D eigenvalue weighted by Gasteiger charge is -2.05. The maximum atomic E-state index is 12.4. The molecule has 1 aromatic heterocycles. The van der Waals surface area contributed by atoms with E-state index in [1.54, 1.807) is 18.2 Å². The molecule has 4 nitrogen and oxygen atoms in total. The van der Waals surface area contributed by atoms with Crippen molar-refractivity contribution in [2.45, 2.75) is 0 Å². The van der Waals surface area contributed by atoms with E-state index in [4.69, 9.17) is 9.15 Å². The van der Waals surface area contributed by atoms with Crippen molar-refractivity contribution < 1.29 is 13.9 Å². The Balaban J connectivity index is 1.99. The average molecular weight is 312 g/mol. The molecule has 0 saturated heterocycles. The molecule has 0 bridgehead atoms. The lowest BCUT2D eigenvalue weighted by atomic mass is 10.1. The molecular formula is C17H12O4S. The van der Waals surface area contributed by atoms with Crippen LogP contribution < -0.4 is 9.68 Å². The van der Waals surface area contributed by atoms with Gasteiger partial charge in [0.05, 0.1) is 17.4 Å². The summed E-state index contributed by atoms with van der Waals surface area (Å²) in [5, 5.41) is 0. The van der Waals surface area contributed by atoms with Crippen LogP contribution >= 0.6 is 11.3 Å². The molecule has 3 aromatic rings. The summed E-state index contributed by atoms with van der Waals surface area (Å²) in [6.07, 6.45) is 3.23. The molecule has 0 aliphatic rings. The molecule has 0 atom stereocenters. The summed E-state index contributed by atoms with van der Waals surface area (Å²) in [4.78, 5) is 23.3. The summed E-state index contributed by atoms with van der Waals surface area (Å²) < 4.78 is 10.9. The van der Waals surface area contributed by atoms with Gasteiger partial charge in [0.1, 0.15) is 5.75 Å². The van der Waals surface area contributed by atoms with Gasteiger partial charge in [-0.3, -0.25) is 4.79 Å². The van der Waals surface area contributed by atoms with Gasteiger partial charge in [-0.25, -0.2) is 4.79 Å². The summed E-state index contributed by atoms with van der Waals surface area (Å²) in [7, 11) is 1.48. The maximum Gasteiger partial charge on any atom is 0.396 e. The summed E-state index contributed by atoms with van der Waals surface area (Å²) >= 11 is 0.963. The largest absolute Gasteiger partial charge is 0.496 e. The Hall–Kier alpha value is -2.66. The van der Waals surface area contributed by atoms with Crippen molar-refractivity contribution in [2.75, 3.05) is 7.11 Å². The van der Waals surface area contributed by atoms with E-state index in [0.29, 0.717) is 21.6 Å². The van der Waals surface area contributed by atoms with E-state index in [9.17, 15) is 9.59 Å². The minimum absolute atomic E-state index is 0.191. The minimum atomic E-state index is -0.401. The molecule has 0 amide bonds. The SMILES string of the molecule is COc1cc2oc(=O)sc2cc1C(=O)/C=C/c1ccccc1. The van der Waals surface area contributed by atoms with Crippen molar-refractivity contribution in [1.29, 1.82) is 0 Å². The smallest absolute Gasteiger partial charge is 0.396 e. The van der Waals surface area contributed by atoms with Crippen molar-refractivity contribution in [1.82, 2.24) is 0 Å². The minimum Gasteiger partial charge on any atom is -0.496 e. The van der Waals surface area contributed by atoms with Gasteiger partial charge < -0.3 is 9.15 Å². The number of ether oxygens (including phenoxy) is 1. The van der Waals surface area contributed by atoms with Crippen LogP contribution in [0.2, 0.25) is 0 Å². The number of allylic oxidation sites excluding steroid dienone is 1. The number of benzene rings is 2. The average Bonchev–Trinajstić information content (AvgIpc) is 2.91. The zero-order valence-corrected chi connectivity index (χ0v) is 12.6. The summed E-state index contributed by atoms with van der Waals surface area (Å²) in [5.41, 5.74) is 1.76. The zero-order chi connectivity index (χ0) is 15.5. The second-order valence-electron chi connectivity index (χ2n) is 4.56. The summed E-state index contributed by atoms with van der Waals surface area (Å²) in [6.45, 7) is 0.